The number of piperazine rings is 1. The normalized spacial score (nSPS) is 17.4. The Morgan fingerprint density at radius 2 is 2.05 bits per heavy atom. The van der Waals surface area contributed by atoms with Crippen molar-refractivity contribution >= 4 is 17.2 Å². The predicted octanol–water partition coefficient (Wildman–Crippen LogP) is 1.63. The monoisotopic (exact) mass is 317 g/mol. The Morgan fingerprint density at radius 1 is 1.23 bits per heavy atom. The first-order chi connectivity index (χ1) is 10.7. The highest BCUT2D eigenvalue weighted by atomic mass is 32.1. The van der Waals surface area contributed by atoms with Gasteiger partial charge in [-0.1, -0.05) is 12.1 Å². The molecule has 1 saturated heterocycles. The number of aliphatic hydroxyl groups is 1. The summed E-state index contributed by atoms with van der Waals surface area (Å²) in [5.74, 6) is -0.0148. The molecule has 0 spiro atoms. The second kappa shape index (κ2) is 7.00. The van der Waals surface area contributed by atoms with Crippen molar-refractivity contribution in [3.8, 4) is 0 Å². The maximum absolute atomic E-state index is 12.3. The minimum absolute atomic E-state index is 0.0148. The fourth-order valence-electron chi connectivity index (χ4n) is 2.60. The third-order valence-corrected chi connectivity index (χ3v) is 4.82. The van der Waals surface area contributed by atoms with Gasteiger partial charge in [-0.05, 0) is 23.6 Å². The Balaban J connectivity index is 1.51. The smallest absolute Gasteiger partial charge is 0.272 e. The number of rotatable bonds is 4. The Labute approximate surface area is 133 Å². The van der Waals surface area contributed by atoms with Crippen LogP contribution < -0.4 is 0 Å². The summed E-state index contributed by atoms with van der Waals surface area (Å²) < 4.78 is 0. The topological polar surface area (TPSA) is 56.7 Å². The summed E-state index contributed by atoms with van der Waals surface area (Å²) in [5, 5.41) is 12.2. The fourth-order valence-corrected chi connectivity index (χ4v) is 3.30. The van der Waals surface area contributed by atoms with Crippen LogP contribution in [-0.2, 0) is 0 Å². The van der Waals surface area contributed by atoms with Crippen molar-refractivity contribution in [2.75, 3.05) is 32.7 Å². The second-order valence-electron chi connectivity index (χ2n) is 5.34. The molecule has 0 aromatic carbocycles. The molecule has 116 valence electrons. The van der Waals surface area contributed by atoms with Crippen LogP contribution in [0.3, 0.4) is 0 Å². The van der Waals surface area contributed by atoms with Crippen LogP contribution >= 0.6 is 11.3 Å². The van der Waals surface area contributed by atoms with Crippen molar-refractivity contribution in [2.45, 2.75) is 6.10 Å². The lowest BCUT2D eigenvalue weighted by atomic mass is 10.2. The molecule has 5 nitrogen and oxygen atoms in total. The Morgan fingerprint density at radius 3 is 2.68 bits per heavy atom. The van der Waals surface area contributed by atoms with Gasteiger partial charge in [0, 0.05) is 43.8 Å². The largest absolute Gasteiger partial charge is 0.386 e. The molecule has 3 heterocycles. The number of aliphatic hydroxyl groups excluding tert-OH is 1. The number of carbonyl (C=O) groups is 1. The number of amides is 1. The number of hydrogen-bond donors (Lipinski definition) is 1. The average Bonchev–Trinajstić information content (AvgIpc) is 3.10. The van der Waals surface area contributed by atoms with Crippen LogP contribution in [0.25, 0.3) is 0 Å². The third kappa shape index (κ3) is 3.52. The van der Waals surface area contributed by atoms with Crippen LogP contribution in [-0.4, -0.2) is 58.5 Å². The molecule has 0 aliphatic carbocycles. The molecule has 1 N–H and O–H groups in total. The van der Waals surface area contributed by atoms with Gasteiger partial charge in [-0.2, -0.15) is 0 Å². The molecule has 2 aromatic rings. The van der Waals surface area contributed by atoms with Crippen molar-refractivity contribution in [1.82, 2.24) is 14.8 Å². The summed E-state index contributed by atoms with van der Waals surface area (Å²) in [6.07, 6.45) is 1.19. The van der Waals surface area contributed by atoms with Crippen molar-refractivity contribution < 1.29 is 9.90 Å². The van der Waals surface area contributed by atoms with Crippen LogP contribution in [0.5, 0.6) is 0 Å². The maximum Gasteiger partial charge on any atom is 0.272 e. The van der Waals surface area contributed by atoms with E-state index in [0.717, 1.165) is 18.0 Å². The van der Waals surface area contributed by atoms with Crippen LogP contribution in [0.2, 0.25) is 0 Å². The first-order valence-electron chi connectivity index (χ1n) is 7.38. The van der Waals surface area contributed by atoms with Crippen LogP contribution in [0.15, 0.2) is 41.9 Å². The summed E-state index contributed by atoms with van der Waals surface area (Å²) in [6.45, 7) is 3.52. The van der Waals surface area contributed by atoms with E-state index in [0.29, 0.717) is 25.3 Å². The standard InChI is InChI=1S/C16H19N3O2S/c20-14(15-5-3-11-22-15)12-18-7-9-19(10-8-18)16(21)13-4-1-2-6-17-13/h1-6,11,14,20H,7-10,12H2/t14-/m1/s1. The molecule has 2 aromatic heterocycles. The Kier molecular flexibility index (Phi) is 4.82. The van der Waals surface area contributed by atoms with Crippen LogP contribution in [0.1, 0.15) is 21.5 Å². The van der Waals surface area contributed by atoms with Crippen molar-refractivity contribution in [1.29, 1.82) is 0 Å². The van der Waals surface area contributed by atoms with Gasteiger partial charge in [0.15, 0.2) is 0 Å². The van der Waals surface area contributed by atoms with Gasteiger partial charge in [0.1, 0.15) is 11.8 Å². The molecular formula is C16H19N3O2S. The zero-order chi connectivity index (χ0) is 15.4. The van der Waals surface area contributed by atoms with Crippen molar-refractivity contribution in [2.24, 2.45) is 0 Å². The lowest BCUT2D eigenvalue weighted by molar-refractivity contribution is 0.0528. The molecule has 0 radical (unpaired) electrons. The van der Waals surface area contributed by atoms with E-state index in [1.807, 2.05) is 28.5 Å². The number of nitrogens with zero attached hydrogens (tertiary/aromatic N) is 3. The molecule has 22 heavy (non-hydrogen) atoms. The molecule has 0 unspecified atom stereocenters. The summed E-state index contributed by atoms with van der Waals surface area (Å²) in [4.78, 5) is 21.4. The number of thiophene rings is 1. The zero-order valence-electron chi connectivity index (χ0n) is 12.3. The first-order valence-corrected chi connectivity index (χ1v) is 8.26. The molecule has 1 amide bonds. The predicted molar refractivity (Wildman–Crippen MR) is 85.9 cm³/mol. The molecule has 1 fully saturated rings. The van der Waals surface area contributed by atoms with E-state index >= 15 is 0 Å². The van der Waals surface area contributed by atoms with Gasteiger partial charge in [-0.3, -0.25) is 14.7 Å². The summed E-state index contributed by atoms with van der Waals surface area (Å²) in [5.41, 5.74) is 0.495. The van der Waals surface area contributed by atoms with Crippen molar-refractivity contribution in [3.05, 3.63) is 52.5 Å². The quantitative estimate of drug-likeness (QED) is 0.931. The van der Waals surface area contributed by atoms with Gasteiger partial charge in [0.2, 0.25) is 0 Å². The highest BCUT2D eigenvalue weighted by molar-refractivity contribution is 7.10. The molecule has 1 atom stereocenters. The van der Waals surface area contributed by atoms with Gasteiger partial charge in [-0.15, -0.1) is 11.3 Å². The Hall–Kier alpha value is -1.76. The van der Waals surface area contributed by atoms with Gasteiger partial charge in [0.25, 0.3) is 5.91 Å². The highest BCUT2D eigenvalue weighted by Crippen LogP contribution is 2.20. The fraction of sp³-hybridized carbons (Fsp3) is 0.375. The number of pyridine rings is 1. The minimum atomic E-state index is -0.446. The van der Waals surface area contributed by atoms with E-state index in [4.69, 9.17) is 0 Å². The SMILES string of the molecule is O=C(c1ccccn1)N1CCN(C[C@@H](O)c2cccs2)CC1. The van der Waals surface area contributed by atoms with E-state index in [9.17, 15) is 9.90 Å². The molecule has 1 aliphatic heterocycles. The summed E-state index contributed by atoms with van der Waals surface area (Å²) in [7, 11) is 0. The second-order valence-corrected chi connectivity index (χ2v) is 6.32. The van der Waals surface area contributed by atoms with Gasteiger partial charge in [-0.25, -0.2) is 0 Å². The molecule has 0 bridgehead atoms. The lowest BCUT2D eigenvalue weighted by Crippen LogP contribution is -2.49. The van der Waals surface area contributed by atoms with E-state index in [2.05, 4.69) is 9.88 Å². The minimum Gasteiger partial charge on any atom is -0.386 e. The molecular weight excluding hydrogens is 298 g/mol. The molecule has 1 aliphatic rings. The number of carbonyl (C=O) groups excluding carboxylic acids is 1. The summed E-state index contributed by atoms with van der Waals surface area (Å²) >= 11 is 1.57. The van der Waals surface area contributed by atoms with E-state index in [1.54, 1.807) is 29.7 Å². The molecule has 6 heteroatoms. The van der Waals surface area contributed by atoms with Gasteiger partial charge in [0.05, 0.1) is 0 Å². The third-order valence-electron chi connectivity index (χ3n) is 3.85. The molecule has 3 rings (SSSR count). The molecule has 0 saturated carbocycles. The van der Waals surface area contributed by atoms with Gasteiger partial charge >= 0.3 is 0 Å². The van der Waals surface area contributed by atoms with Crippen LogP contribution in [0, 0.1) is 0 Å². The number of aromatic nitrogens is 1. The van der Waals surface area contributed by atoms with Crippen molar-refractivity contribution in [3.63, 3.8) is 0 Å². The lowest BCUT2D eigenvalue weighted by Gasteiger charge is -2.35. The number of hydrogen-bond acceptors (Lipinski definition) is 5. The zero-order valence-corrected chi connectivity index (χ0v) is 13.1. The van der Waals surface area contributed by atoms with E-state index < -0.39 is 6.10 Å². The maximum atomic E-state index is 12.3. The van der Waals surface area contributed by atoms with E-state index in [-0.39, 0.29) is 5.91 Å². The highest BCUT2D eigenvalue weighted by Gasteiger charge is 2.24. The van der Waals surface area contributed by atoms with Crippen LogP contribution in [0.4, 0.5) is 0 Å². The number of β-amino-alcohol motifs (C(OH)–C–C–N with tert-alkyl or cyclic N) is 1. The van der Waals surface area contributed by atoms with E-state index in [1.165, 1.54) is 0 Å². The van der Waals surface area contributed by atoms with Gasteiger partial charge < -0.3 is 10.0 Å². The first kappa shape index (κ1) is 15.1. The Bertz CT molecular complexity index is 595. The summed E-state index contributed by atoms with van der Waals surface area (Å²) in [6, 6.07) is 9.28. The average molecular weight is 317 g/mol.